The first kappa shape index (κ1) is 14.3. The van der Waals surface area contributed by atoms with E-state index in [4.69, 9.17) is 4.42 Å². The molecule has 20 heavy (non-hydrogen) atoms. The number of nitrogens with zero attached hydrogens (tertiary/aromatic N) is 1. The van der Waals surface area contributed by atoms with Gasteiger partial charge >= 0.3 is 0 Å². The van der Waals surface area contributed by atoms with Crippen molar-refractivity contribution in [1.29, 1.82) is 0 Å². The van der Waals surface area contributed by atoms with Crippen LogP contribution in [0, 0.1) is 0 Å². The average Bonchev–Trinajstić information content (AvgIpc) is 2.88. The van der Waals surface area contributed by atoms with Gasteiger partial charge in [-0.2, -0.15) is 13.5 Å². The lowest BCUT2D eigenvalue weighted by Gasteiger charge is -2.03. The summed E-state index contributed by atoms with van der Waals surface area (Å²) in [5.41, 5.74) is -0.418. The van der Waals surface area contributed by atoms with E-state index in [-0.39, 0.29) is 10.9 Å². The Labute approximate surface area is 115 Å². The third-order valence-electron chi connectivity index (χ3n) is 2.37. The lowest BCUT2D eigenvalue weighted by Crippen LogP contribution is -2.16. The number of H-pyrrole nitrogens is 1. The van der Waals surface area contributed by atoms with E-state index in [1.165, 1.54) is 18.2 Å². The van der Waals surface area contributed by atoms with Crippen LogP contribution < -0.4 is 15.6 Å². The molecule has 0 aliphatic heterocycles. The Balaban J connectivity index is 2.15. The normalized spacial score (nSPS) is 11.4. The number of hydrogen-bond acceptors (Lipinski definition) is 6. The average molecular weight is 298 g/mol. The van der Waals surface area contributed by atoms with Crippen molar-refractivity contribution in [1.82, 2.24) is 15.5 Å². The van der Waals surface area contributed by atoms with Gasteiger partial charge in [-0.3, -0.25) is 9.52 Å². The Hall–Kier alpha value is -2.13. The van der Waals surface area contributed by atoms with Crippen LogP contribution in [0.2, 0.25) is 0 Å². The number of hydrogen-bond donors (Lipinski definition) is 3. The van der Waals surface area contributed by atoms with Gasteiger partial charge in [0.1, 0.15) is 5.76 Å². The molecule has 0 unspecified atom stereocenters. The van der Waals surface area contributed by atoms with Gasteiger partial charge in [-0.25, -0.2) is 5.10 Å². The second-order valence-electron chi connectivity index (χ2n) is 3.91. The van der Waals surface area contributed by atoms with Gasteiger partial charge in [0.25, 0.3) is 15.6 Å². The molecule has 0 saturated heterocycles. The number of rotatable bonds is 6. The molecular formula is C11H14N4O4S. The predicted octanol–water partition coefficient (Wildman–Crippen LogP) is 0.273. The highest BCUT2D eigenvalue weighted by molar-refractivity contribution is 7.92. The van der Waals surface area contributed by atoms with Crippen molar-refractivity contribution in [2.24, 2.45) is 0 Å². The monoisotopic (exact) mass is 298 g/mol. The molecule has 0 aromatic carbocycles. The van der Waals surface area contributed by atoms with Gasteiger partial charge < -0.3 is 9.73 Å². The highest BCUT2D eigenvalue weighted by Gasteiger charge is 2.19. The van der Waals surface area contributed by atoms with Crippen LogP contribution in [0.25, 0.3) is 0 Å². The maximum atomic E-state index is 12.0. The van der Waals surface area contributed by atoms with Gasteiger partial charge in [-0.1, -0.05) is 6.92 Å². The largest absolute Gasteiger partial charge is 0.446 e. The highest BCUT2D eigenvalue weighted by atomic mass is 32.2. The molecule has 2 aromatic heterocycles. The van der Waals surface area contributed by atoms with Crippen molar-refractivity contribution in [2.75, 3.05) is 11.3 Å². The minimum atomic E-state index is -3.86. The van der Waals surface area contributed by atoms with Crippen molar-refractivity contribution in [3.8, 4) is 0 Å². The zero-order chi connectivity index (χ0) is 14.6. The fourth-order valence-electron chi connectivity index (χ4n) is 1.44. The van der Waals surface area contributed by atoms with E-state index in [0.29, 0.717) is 12.3 Å². The van der Waals surface area contributed by atoms with Crippen molar-refractivity contribution < 1.29 is 12.8 Å². The van der Waals surface area contributed by atoms with Gasteiger partial charge in [0.05, 0.1) is 6.54 Å². The van der Waals surface area contributed by atoms with Crippen LogP contribution in [-0.4, -0.2) is 25.2 Å². The summed E-state index contributed by atoms with van der Waals surface area (Å²) in [6.45, 7) is 3.13. The molecule has 0 spiro atoms. The first-order valence-electron chi connectivity index (χ1n) is 5.89. The molecule has 9 heteroatoms. The molecule has 0 bridgehead atoms. The molecule has 0 saturated carbocycles. The molecule has 3 N–H and O–H groups in total. The first-order valence-corrected chi connectivity index (χ1v) is 7.37. The summed E-state index contributed by atoms with van der Waals surface area (Å²) in [4.78, 5) is 10.8. The summed E-state index contributed by atoms with van der Waals surface area (Å²) in [5.74, 6) is 0.524. The number of nitrogens with one attached hydrogen (secondary N) is 3. The molecule has 2 aromatic rings. The summed E-state index contributed by atoms with van der Waals surface area (Å²) in [7, 11) is -3.86. The van der Waals surface area contributed by atoms with Crippen LogP contribution in [-0.2, 0) is 16.6 Å². The minimum Gasteiger partial charge on any atom is -0.446 e. The molecule has 0 aliphatic carbocycles. The molecule has 2 heterocycles. The van der Waals surface area contributed by atoms with Crippen LogP contribution in [0.1, 0.15) is 12.7 Å². The molecule has 0 fully saturated rings. The standard InChI is InChI=1S/C11H14N4O4S/c1-2-12-7-8-3-6-11(19-8)20(17,18)15-9-4-5-10(16)14-13-9/h3-6,12H,2,7H2,1H3,(H,13,15)(H,14,16). The SMILES string of the molecule is CCNCc1ccc(S(=O)(=O)Nc2ccc(=O)[nH]n2)o1. The Morgan fingerprint density at radius 1 is 1.30 bits per heavy atom. The van der Waals surface area contributed by atoms with Gasteiger partial charge in [-0.05, 0) is 24.7 Å². The van der Waals surface area contributed by atoms with Crippen LogP contribution in [0.15, 0.2) is 38.6 Å². The summed E-state index contributed by atoms with van der Waals surface area (Å²) in [5, 5.41) is 8.51. The molecule has 2 rings (SSSR count). The number of sulfonamides is 1. The smallest absolute Gasteiger partial charge is 0.296 e. The summed E-state index contributed by atoms with van der Waals surface area (Å²) < 4.78 is 31.5. The van der Waals surface area contributed by atoms with Crippen molar-refractivity contribution >= 4 is 15.8 Å². The van der Waals surface area contributed by atoms with Crippen molar-refractivity contribution in [3.05, 3.63) is 40.4 Å². The van der Waals surface area contributed by atoms with E-state index in [1.54, 1.807) is 6.07 Å². The van der Waals surface area contributed by atoms with Crippen LogP contribution in [0.5, 0.6) is 0 Å². The van der Waals surface area contributed by atoms with Crippen molar-refractivity contribution in [2.45, 2.75) is 18.6 Å². The fourth-order valence-corrected chi connectivity index (χ4v) is 2.39. The highest BCUT2D eigenvalue weighted by Crippen LogP contribution is 2.16. The Morgan fingerprint density at radius 3 is 2.75 bits per heavy atom. The molecular weight excluding hydrogens is 284 g/mol. The van der Waals surface area contributed by atoms with E-state index >= 15 is 0 Å². The summed E-state index contributed by atoms with van der Waals surface area (Å²) >= 11 is 0. The van der Waals surface area contributed by atoms with Gasteiger partial charge in [-0.15, -0.1) is 0 Å². The minimum absolute atomic E-state index is 0.00855. The van der Waals surface area contributed by atoms with Gasteiger partial charge in [0.2, 0.25) is 5.09 Å². The summed E-state index contributed by atoms with van der Waals surface area (Å²) in [6, 6.07) is 5.38. The maximum absolute atomic E-state index is 12.0. The van der Waals surface area contributed by atoms with Gasteiger partial charge in [0, 0.05) is 6.07 Å². The Bertz CT molecular complexity index is 714. The zero-order valence-corrected chi connectivity index (χ0v) is 11.5. The third-order valence-corrected chi connectivity index (χ3v) is 3.60. The molecule has 0 radical (unpaired) electrons. The maximum Gasteiger partial charge on any atom is 0.296 e. The number of aromatic nitrogens is 2. The first-order chi connectivity index (χ1) is 9.51. The van der Waals surface area contributed by atoms with Crippen LogP contribution >= 0.6 is 0 Å². The lowest BCUT2D eigenvalue weighted by atomic mass is 10.4. The van der Waals surface area contributed by atoms with Crippen LogP contribution in [0.3, 0.4) is 0 Å². The van der Waals surface area contributed by atoms with Crippen molar-refractivity contribution in [3.63, 3.8) is 0 Å². The van der Waals surface area contributed by atoms with E-state index in [2.05, 4.69) is 20.2 Å². The number of furan rings is 1. The lowest BCUT2D eigenvalue weighted by molar-refractivity contribution is 0.405. The quantitative estimate of drug-likeness (QED) is 0.705. The zero-order valence-electron chi connectivity index (χ0n) is 10.7. The van der Waals surface area contributed by atoms with E-state index in [9.17, 15) is 13.2 Å². The van der Waals surface area contributed by atoms with Gasteiger partial charge in [0.15, 0.2) is 5.82 Å². The Morgan fingerprint density at radius 2 is 2.10 bits per heavy atom. The molecule has 0 amide bonds. The molecule has 0 atom stereocenters. The number of anilines is 1. The number of aromatic amines is 1. The molecule has 8 nitrogen and oxygen atoms in total. The second kappa shape index (κ2) is 5.88. The van der Waals surface area contributed by atoms with E-state index < -0.39 is 15.6 Å². The molecule has 0 aliphatic rings. The van der Waals surface area contributed by atoms with Crippen LogP contribution in [0.4, 0.5) is 5.82 Å². The second-order valence-corrected chi connectivity index (χ2v) is 5.53. The third kappa shape index (κ3) is 3.45. The predicted molar refractivity (Wildman–Crippen MR) is 71.8 cm³/mol. The summed E-state index contributed by atoms with van der Waals surface area (Å²) in [6.07, 6.45) is 0. The van der Waals surface area contributed by atoms with E-state index in [1.807, 2.05) is 6.92 Å². The van der Waals surface area contributed by atoms with E-state index in [0.717, 1.165) is 6.54 Å². The Kier molecular flexibility index (Phi) is 4.20. The topological polar surface area (TPSA) is 117 Å². The molecule has 108 valence electrons. The fraction of sp³-hybridized carbons (Fsp3) is 0.273.